The molecule has 1 aromatic rings. The minimum Gasteiger partial charge on any atom is -0.346 e. The third kappa shape index (κ3) is 3.18. The molecule has 96 valence electrons. The Morgan fingerprint density at radius 1 is 1.35 bits per heavy atom. The van der Waals surface area contributed by atoms with Crippen LogP contribution in [0.1, 0.15) is 25.5 Å². The van der Waals surface area contributed by atoms with Crippen LogP contribution in [0.3, 0.4) is 0 Å². The summed E-state index contributed by atoms with van der Waals surface area (Å²) in [6.07, 6.45) is 0. The van der Waals surface area contributed by atoms with Crippen LogP contribution in [0.4, 0.5) is 5.13 Å². The number of piperazine rings is 1. The first-order chi connectivity index (χ1) is 8.20. The lowest BCUT2D eigenvalue weighted by molar-refractivity contribution is 0.265. The average molecular weight is 254 g/mol. The highest BCUT2D eigenvalue weighted by Gasteiger charge is 2.19. The summed E-state index contributed by atoms with van der Waals surface area (Å²) in [4.78, 5) is 9.52. The molecule has 2 rings (SSSR count). The van der Waals surface area contributed by atoms with Crippen LogP contribution >= 0.6 is 11.3 Å². The number of rotatable bonds is 4. The Balaban J connectivity index is 1.91. The summed E-state index contributed by atoms with van der Waals surface area (Å²) in [6.45, 7) is 10.5. The lowest BCUT2D eigenvalue weighted by Gasteiger charge is -2.34. The van der Waals surface area contributed by atoms with E-state index in [1.54, 1.807) is 11.3 Å². The van der Waals surface area contributed by atoms with Gasteiger partial charge in [-0.15, -0.1) is 11.3 Å². The van der Waals surface area contributed by atoms with Crippen molar-refractivity contribution in [1.29, 1.82) is 0 Å². The van der Waals surface area contributed by atoms with Gasteiger partial charge in [0.15, 0.2) is 5.13 Å². The van der Waals surface area contributed by atoms with Gasteiger partial charge < -0.3 is 10.6 Å². The Bertz CT molecular complexity index is 342. The Labute approximate surface area is 107 Å². The second-order valence-corrected chi connectivity index (χ2v) is 5.66. The highest BCUT2D eigenvalue weighted by Crippen LogP contribution is 2.25. The summed E-state index contributed by atoms with van der Waals surface area (Å²) in [5, 5.41) is 3.37. The molecule has 0 radical (unpaired) electrons. The molecule has 5 heteroatoms. The van der Waals surface area contributed by atoms with Crippen LogP contribution in [-0.4, -0.2) is 49.2 Å². The van der Waals surface area contributed by atoms with Crippen LogP contribution in [-0.2, 0) is 0 Å². The van der Waals surface area contributed by atoms with E-state index in [-0.39, 0.29) is 0 Å². The first kappa shape index (κ1) is 12.8. The van der Waals surface area contributed by atoms with Gasteiger partial charge in [0, 0.05) is 44.6 Å². The van der Waals surface area contributed by atoms with E-state index in [1.807, 2.05) is 0 Å². The van der Waals surface area contributed by atoms with E-state index in [4.69, 9.17) is 10.7 Å². The molecule has 1 aliphatic rings. The number of nitrogens with two attached hydrogens (primary N) is 1. The van der Waals surface area contributed by atoms with E-state index < -0.39 is 0 Å². The zero-order valence-electron chi connectivity index (χ0n) is 10.7. The second kappa shape index (κ2) is 5.80. The molecule has 1 aliphatic heterocycles. The van der Waals surface area contributed by atoms with E-state index in [0.717, 1.165) is 39.3 Å². The summed E-state index contributed by atoms with van der Waals surface area (Å²) in [6, 6.07) is 0. The van der Waals surface area contributed by atoms with Crippen molar-refractivity contribution in [2.24, 2.45) is 5.73 Å². The number of aromatic nitrogens is 1. The van der Waals surface area contributed by atoms with Gasteiger partial charge in [0.05, 0.1) is 5.69 Å². The van der Waals surface area contributed by atoms with Gasteiger partial charge in [0.1, 0.15) is 0 Å². The normalized spacial score (nSPS) is 18.0. The third-order valence-electron chi connectivity index (χ3n) is 3.19. The molecule has 0 bridgehead atoms. The maximum atomic E-state index is 5.58. The van der Waals surface area contributed by atoms with Gasteiger partial charge in [0.2, 0.25) is 0 Å². The van der Waals surface area contributed by atoms with Crippen LogP contribution in [0.15, 0.2) is 5.38 Å². The summed E-state index contributed by atoms with van der Waals surface area (Å²) in [7, 11) is 0. The molecule has 0 saturated carbocycles. The average Bonchev–Trinajstić information content (AvgIpc) is 2.80. The first-order valence-corrected chi connectivity index (χ1v) is 7.21. The number of hydrogen-bond acceptors (Lipinski definition) is 5. The lowest BCUT2D eigenvalue weighted by Crippen LogP contribution is -2.47. The van der Waals surface area contributed by atoms with E-state index >= 15 is 0 Å². The highest BCUT2D eigenvalue weighted by molar-refractivity contribution is 7.13. The van der Waals surface area contributed by atoms with Crippen LogP contribution < -0.4 is 10.6 Å². The molecule has 1 aromatic heterocycles. The zero-order valence-corrected chi connectivity index (χ0v) is 11.5. The van der Waals surface area contributed by atoms with E-state index in [2.05, 4.69) is 29.0 Å². The number of thiazole rings is 1. The maximum absolute atomic E-state index is 5.58. The quantitative estimate of drug-likeness (QED) is 0.881. The number of anilines is 1. The van der Waals surface area contributed by atoms with Gasteiger partial charge in [-0.05, 0) is 5.92 Å². The van der Waals surface area contributed by atoms with Crippen molar-refractivity contribution in [2.75, 3.05) is 44.2 Å². The van der Waals surface area contributed by atoms with Gasteiger partial charge in [-0.1, -0.05) is 13.8 Å². The molecule has 0 atom stereocenters. The fourth-order valence-corrected chi connectivity index (χ4v) is 3.07. The molecular weight excluding hydrogens is 232 g/mol. The molecule has 2 heterocycles. The topological polar surface area (TPSA) is 45.4 Å². The molecule has 0 amide bonds. The van der Waals surface area contributed by atoms with Gasteiger partial charge in [-0.25, -0.2) is 4.98 Å². The van der Waals surface area contributed by atoms with Crippen molar-refractivity contribution in [2.45, 2.75) is 19.8 Å². The lowest BCUT2D eigenvalue weighted by atomic mass is 10.2. The molecule has 1 fully saturated rings. The molecule has 0 spiro atoms. The van der Waals surface area contributed by atoms with Crippen molar-refractivity contribution in [1.82, 2.24) is 9.88 Å². The second-order valence-electron chi connectivity index (χ2n) is 4.83. The fourth-order valence-electron chi connectivity index (χ4n) is 2.03. The van der Waals surface area contributed by atoms with Crippen LogP contribution in [0.25, 0.3) is 0 Å². The minimum absolute atomic E-state index is 0.526. The monoisotopic (exact) mass is 254 g/mol. The molecule has 17 heavy (non-hydrogen) atoms. The summed E-state index contributed by atoms with van der Waals surface area (Å²) in [5.74, 6) is 0.526. The standard InChI is InChI=1S/C12H22N4S/c1-10(2)11-9-17-12(14-11)16-7-5-15(4-3-13)6-8-16/h9-10H,3-8,13H2,1-2H3. The third-order valence-corrected chi connectivity index (χ3v) is 4.11. The smallest absolute Gasteiger partial charge is 0.185 e. The predicted molar refractivity (Wildman–Crippen MR) is 73.9 cm³/mol. The van der Waals surface area contributed by atoms with Crippen molar-refractivity contribution in [3.8, 4) is 0 Å². The fraction of sp³-hybridized carbons (Fsp3) is 0.750. The largest absolute Gasteiger partial charge is 0.346 e. The van der Waals surface area contributed by atoms with Gasteiger partial charge >= 0.3 is 0 Å². The number of hydrogen-bond donors (Lipinski definition) is 1. The predicted octanol–water partition coefficient (Wildman–Crippen LogP) is 1.35. The van der Waals surface area contributed by atoms with Crippen molar-refractivity contribution in [3.05, 3.63) is 11.1 Å². The van der Waals surface area contributed by atoms with E-state index in [1.165, 1.54) is 10.8 Å². The molecule has 0 unspecified atom stereocenters. The van der Waals surface area contributed by atoms with Crippen LogP contribution in [0.2, 0.25) is 0 Å². The summed E-state index contributed by atoms with van der Waals surface area (Å²) < 4.78 is 0. The van der Waals surface area contributed by atoms with Crippen LogP contribution in [0.5, 0.6) is 0 Å². The Morgan fingerprint density at radius 2 is 2.06 bits per heavy atom. The Morgan fingerprint density at radius 3 is 2.59 bits per heavy atom. The van der Waals surface area contributed by atoms with Crippen molar-refractivity contribution in [3.63, 3.8) is 0 Å². The van der Waals surface area contributed by atoms with E-state index in [9.17, 15) is 0 Å². The molecule has 0 aliphatic carbocycles. The maximum Gasteiger partial charge on any atom is 0.185 e. The summed E-state index contributed by atoms with van der Waals surface area (Å²) >= 11 is 1.77. The van der Waals surface area contributed by atoms with Gasteiger partial charge in [0.25, 0.3) is 0 Å². The first-order valence-electron chi connectivity index (χ1n) is 6.33. The molecule has 4 nitrogen and oxygen atoms in total. The SMILES string of the molecule is CC(C)c1csc(N2CCN(CCN)CC2)n1. The molecule has 0 aromatic carbocycles. The molecular formula is C12H22N4S. The Kier molecular flexibility index (Phi) is 4.36. The molecule has 1 saturated heterocycles. The van der Waals surface area contributed by atoms with Crippen LogP contribution in [0, 0.1) is 0 Å². The summed E-state index contributed by atoms with van der Waals surface area (Å²) in [5.41, 5.74) is 6.79. The minimum atomic E-state index is 0.526. The van der Waals surface area contributed by atoms with E-state index in [0.29, 0.717) is 5.92 Å². The van der Waals surface area contributed by atoms with Gasteiger partial charge in [-0.2, -0.15) is 0 Å². The zero-order chi connectivity index (χ0) is 12.3. The highest BCUT2D eigenvalue weighted by atomic mass is 32.1. The van der Waals surface area contributed by atoms with Gasteiger partial charge in [-0.3, -0.25) is 4.90 Å². The molecule has 2 N–H and O–H groups in total. The Hall–Kier alpha value is -0.650. The van der Waals surface area contributed by atoms with Crippen molar-refractivity contribution >= 4 is 16.5 Å². The number of nitrogens with zero attached hydrogens (tertiary/aromatic N) is 3. The van der Waals surface area contributed by atoms with Crippen molar-refractivity contribution < 1.29 is 0 Å².